The summed E-state index contributed by atoms with van der Waals surface area (Å²) in [6.45, 7) is 2.43. The summed E-state index contributed by atoms with van der Waals surface area (Å²) in [7, 11) is -0.439. The second-order valence-corrected chi connectivity index (χ2v) is 9.14. The van der Waals surface area contributed by atoms with Gasteiger partial charge in [0.2, 0.25) is 15.9 Å². The van der Waals surface area contributed by atoms with E-state index in [1.807, 2.05) is 42.5 Å². The first-order valence-corrected chi connectivity index (χ1v) is 11.3. The molecule has 0 spiro atoms. The molecule has 156 valence electrons. The van der Waals surface area contributed by atoms with Crippen LogP contribution in [-0.2, 0) is 14.8 Å². The number of benzene rings is 2. The van der Waals surface area contributed by atoms with Crippen molar-refractivity contribution < 1.29 is 17.9 Å². The van der Waals surface area contributed by atoms with Crippen molar-refractivity contribution in [2.45, 2.75) is 6.04 Å². The van der Waals surface area contributed by atoms with Crippen molar-refractivity contribution in [3.63, 3.8) is 0 Å². The summed E-state index contributed by atoms with van der Waals surface area (Å²) in [6.07, 6.45) is 1.12. The van der Waals surface area contributed by atoms with Crippen molar-refractivity contribution >= 4 is 21.6 Å². The highest BCUT2D eigenvalue weighted by Gasteiger charge is 2.35. The first-order valence-electron chi connectivity index (χ1n) is 9.47. The predicted octanol–water partition coefficient (Wildman–Crippen LogP) is 1.98. The van der Waals surface area contributed by atoms with E-state index in [-0.39, 0.29) is 5.91 Å². The average Bonchev–Trinajstić information content (AvgIpc) is 2.74. The smallest absolute Gasteiger partial charge is 0.245 e. The number of carbonyl (C=O) groups excluding carboxylic acids is 1. The first kappa shape index (κ1) is 21.1. The Balaban J connectivity index is 1.74. The number of amides is 1. The Bertz CT molecular complexity index is 924. The summed E-state index contributed by atoms with van der Waals surface area (Å²) in [4.78, 5) is 17.3. The van der Waals surface area contributed by atoms with Crippen molar-refractivity contribution in [2.75, 3.05) is 51.5 Å². The molecule has 3 rings (SSSR count). The molecular weight excluding hydrogens is 390 g/mol. The fraction of sp³-hybridized carbons (Fsp3) is 0.381. The van der Waals surface area contributed by atoms with Crippen LogP contribution in [0.3, 0.4) is 0 Å². The van der Waals surface area contributed by atoms with Gasteiger partial charge in [-0.25, -0.2) is 8.42 Å². The highest BCUT2D eigenvalue weighted by molar-refractivity contribution is 7.88. The van der Waals surface area contributed by atoms with Crippen LogP contribution in [-0.4, -0.2) is 70.1 Å². The van der Waals surface area contributed by atoms with E-state index in [9.17, 15) is 13.2 Å². The molecule has 1 fully saturated rings. The zero-order valence-electron chi connectivity index (χ0n) is 17.0. The number of rotatable bonds is 6. The van der Waals surface area contributed by atoms with Gasteiger partial charge in [-0.2, -0.15) is 4.31 Å². The topological polar surface area (TPSA) is 70.2 Å². The maximum atomic E-state index is 13.3. The summed E-state index contributed by atoms with van der Waals surface area (Å²) in [5.41, 5.74) is 1.74. The maximum Gasteiger partial charge on any atom is 0.245 e. The lowest BCUT2D eigenvalue weighted by atomic mass is 10.1. The van der Waals surface area contributed by atoms with E-state index in [1.165, 1.54) is 7.05 Å². The average molecular weight is 418 g/mol. The van der Waals surface area contributed by atoms with Crippen molar-refractivity contribution in [1.29, 1.82) is 0 Å². The Labute approximate surface area is 172 Å². The zero-order valence-corrected chi connectivity index (χ0v) is 17.8. The molecule has 1 saturated heterocycles. The molecule has 0 radical (unpaired) electrons. The summed E-state index contributed by atoms with van der Waals surface area (Å²) in [5.74, 6) is 0.607. The predicted molar refractivity (Wildman–Crippen MR) is 114 cm³/mol. The Kier molecular flexibility index (Phi) is 6.44. The fourth-order valence-electron chi connectivity index (χ4n) is 3.49. The van der Waals surface area contributed by atoms with Crippen molar-refractivity contribution in [1.82, 2.24) is 9.21 Å². The number of hydrogen-bond acceptors (Lipinski definition) is 5. The monoisotopic (exact) mass is 417 g/mol. The van der Waals surface area contributed by atoms with E-state index in [1.54, 1.807) is 24.1 Å². The summed E-state index contributed by atoms with van der Waals surface area (Å²) in [5, 5.41) is 0. The molecule has 2 aromatic rings. The second kappa shape index (κ2) is 8.84. The molecule has 29 heavy (non-hydrogen) atoms. The molecule has 0 unspecified atom stereocenters. The van der Waals surface area contributed by atoms with Crippen molar-refractivity contribution in [3.05, 3.63) is 60.2 Å². The van der Waals surface area contributed by atoms with Gasteiger partial charge >= 0.3 is 0 Å². The molecule has 1 aliphatic rings. The molecular formula is C21H27N3O4S. The van der Waals surface area contributed by atoms with Crippen LogP contribution in [0.15, 0.2) is 54.6 Å². The van der Waals surface area contributed by atoms with Gasteiger partial charge in [-0.3, -0.25) is 4.79 Å². The van der Waals surface area contributed by atoms with Crippen LogP contribution in [0.5, 0.6) is 5.75 Å². The summed E-state index contributed by atoms with van der Waals surface area (Å²) < 4.78 is 30.7. The number of piperazine rings is 1. The van der Waals surface area contributed by atoms with Gasteiger partial charge in [-0.05, 0) is 29.8 Å². The van der Waals surface area contributed by atoms with Gasteiger partial charge in [-0.15, -0.1) is 0 Å². The number of hydrogen-bond donors (Lipinski definition) is 0. The lowest BCUT2D eigenvalue weighted by molar-refractivity contribution is -0.135. The van der Waals surface area contributed by atoms with E-state index in [4.69, 9.17) is 4.74 Å². The number of carbonyl (C=O) groups is 1. The fourth-order valence-corrected chi connectivity index (χ4v) is 4.08. The molecule has 8 heteroatoms. The van der Waals surface area contributed by atoms with E-state index < -0.39 is 16.1 Å². The van der Waals surface area contributed by atoms with Gasteiger partial charge < -0.3 is 14.5 Å². The van der Waals surface area contributed by atoms with Crippen LogP contribution in [0.1, 0.15) is 11.6 Å². The van der Waals surface area contributed by atoms with Crippen LogP contribution >= 0.6 is 0 Å². The minimum Gasteiger partial charge on any atom is -0.497 e. The number of sulfonamides is 1. The molecule has 1 amide bonds. The third-order valence-corrected chi connectivity index (χ3v) is 6.52. The number of nitrogens with zero attached hydrogens (tertiary/aromatic N) is 3. The second-order valence-electron chi connectivity index (χ2n) is 7.10. The third kappa shape index (κ3) is 4.89. The minimum atomic E-state index is -3.53. The SMILES string of the molecule is COc1ccc(N2CCN(C(=O)[C@@H](c3ccccc3)N(C)S(C)(=O)=O)CC2)cc1. The van der Waals surface area contributed by atoms with Gasteiger partial charge in [0.05, 0.1) is 13.4 Å². The molecule has 1 aliphatic heterocycles. The van der Waals surface area contributed by atoms with Crippen molar-refractivity contribution in [3.8, 4) is 5.75 Å². The molecule has 0 N–H and O–H groups in total. The normalized spacial score (nSPS) is 16.0. The highest BCUT2D eigenvalue weighted by Crippen LogP contribution is 2.26. The van der Waals surface area contributed by atoms with Crippen LogP contribution in [0.2, 0.25) is 0 Å². The molecule has 2 aromatic carbocycles. The zero-order chi connectivity index (χ0) is 21.0. The quantitative estimate of drug-likeness (QED) is 0.719. The molecule has 0 aromatic heterocycles. The van der Waals surface area contributed by atoms with E-state index >= 15 is 0 Å². The van der Waals surface area contributed by atoms with Gasteiger partial charge in [-0.1, -0.05) is 30.3 Å². The number of anilines is 1. The lowest BCUT2D eigenvalue weighted by Crippen LogP contribution is -2.52. The largest absolute Gasteiger partial charge is 0.497 e. The van der Waals surface area contributed by atoms with Crippen LogP contribution in [0.25, 0.3) is 0 Å². The molecule has 0 saturated carbocycles. The molecule has 0 aliphatic carbocycles. The van der Waals surface area contributed by atoms with E-state index in [2.05, 4.69) is 4.90 Å². The maximum absolute atomic E-state index is 13.3. The van der Waals surface area contributed by atoms with Crippen LogP contribution < -0.4 is 9.64 Å². The Morgan fingerprint density at radius 1 is 1.00 bits per heavy atom. The standard InChI is InChI=1S/C21H27N3O4S/c1-22(29(3,26)27)20(17-7-5-4-6-8-17)21(25)24-15-13-23(14-16-24)18-9-11-19(28-2)12-10-18/h4-12,20H,13-16H2,1-3H3/t20-/m1/s1. The van der Waals surface area contributed by atoms with Crippen LogP contribution in [0.4, 0.5) is 5.69 Å². The minimum absolute atomic E-state index is 0.196. The Hall–Kier alpha value is -2.58. The van der Waals surface area contributed by atoms with Gasteiger partial charge in [0.15, 0.2) is 0 Å². The lowest BCUT2D eigenvalue weighted by Gasteiger charge is -2.38. The highest BCUT2D eigenvalue weighted by atomic mass is 32.2. The number of ether oxygens (including phenoxy) is 1. The van der Waals surface area contributed by atoms with Crippen molar-refractivity contribution in [2.24, 2.45) is 0 Å². The summed E-state index contributed by atoms with van der Waals surface area (Å²) in [6, 6.07) is 16.0. The van der Waals surface area contributed by atoms with Gasteiger partial charge in [0, 0.05) is 38.9 Å². The van der Waals surface area contributed by atoms with E-state index in [0.29, 0.717) is 31.7 Å². The van der Waals surface area contributed by atoms with Crippen LogP contribution in [0, 0.1) is 0 Å². The van der Waals surface area contributed by atoms with Gasteiger partial charge in [0.25, 0.3) is 0 Å². The first-order chi connectivity index (χ1) is 13.8. The third-order valence-electron chi connectivity index (χ3n) is 5.26. The molecule has 0 bridgehead atoms. The van der Waals surface area contributed by atoms with E-state index in [0.717, 1.165) is 22.0 Å². The number of likely N-dealkylation sites (N-methyl/N-ethyl adjacent to an activating group) is 1. The Morgan fingerprint density at radius 3 is 2.10 bits per heavy atom. The van der Waals surface area contributed by atoms with Gasteiger partial charge in [0.1, 0.15) is 11.8 Å². The Morgan fingerprint density at radius 2 is 1.59 bits per heavy atom. The molecule has 1 heterocycles. The molecule has 7 nitrogen and oxygen atoms in total. The number of methoxy groups -OCH3 is 1. The molecule has 1 atom stereocenters. The summed E-state index contributed by atoms with van der Waals surface area (Å²) >= 11 is 0.